The first-order valence-electron chi connectivity index (χ1n) is 6.34. The molecule has 0 spiro atoms. The minimum atomic E-state index is 0.673. The Labute approximate surface area is 112 Å². The lowest BCUT2D eigenvalue weighted by molar-refractivity contribution is 0.390. The molecule has 0 saturated heterocycles. The minimum Gasteiger partial charge on any atom is -0.497 e. The molecule has 0 aliphatic heterocycles. The van der Waals surface area contributed by atoms with E-state index in [1.165, 1.54) is 0 Å². The van der Waals surface area contributed by atoms with Gasteiger partial charge in [-0.2, -0.15) is 0 Å². The maximum atomic E-state index is 5.47. The van der Waals surface area contributed by atoms with Crippen LogP contribution in [0.4, 0.5) is 5.69 Å². The molecule has 0 fully saturated rings. The maximum absolute atomic E-state index is 5.47. The highest BCUT2D eigenvalue weighted by atomic mass is 16.5. The monoisotopic (exact) mass is 261 g/mol. The van der Waals surface area contributed by atoms with E-state index in [9.17, 15) is 0 Å². The molecule has 0 saturated carbocycles. The van der Waals surface area contributed by atoms with Gasteiger partial charge in [-0.05, 0) is 30.7 Å². The average molecular weight is 261 g/mol. The van der Waals surface area contributed by atoms with E-state index in [2.05, 4.69) is 10.5 Å². The van der Waals surface area contributed by atoms with Crippen LogP contribution in [0.25, 0.3) is 0 Å². The summed E-state index contributed by atoms with van der Waals surface area (Å²) >= 11 is 0. The summed E-state index contributed by atoms with van der Waals surface area (Å²) in [5.41, 5.74) is 7.55. The van der Waals surface area contributed by atoms with Gasteiger partial charge < -0.3 is 20.3 Å². The van der Waals surface area contributed by atoms with Crippen molar-refractivity contribution in [1.29, 1.82) is 0 Å². The van der Waals surface area contributed by atoms with Crippen LogP contribution < -0.4 is 15.8 Å². The van der Waals surface area contributed by atoms with Crippen molar-refractivity contribution in [2.24, 2.45) is 5.73 Å². The van der Waals surface area contributed by atoms with Crippen LogP contribution in [0.3, 0.4) is 0 Å². The van der Waals surface area contributed by atoms with Crippen molar-refractivity contribution < 1.29 is 9.26 Å². The molecule has 5 nitrogen and oxygen atoms in total. The Kier molecular flexibility index (Phi) is 4.80. The molecule has 19 heavy (non-hydrogen) atoms. The van der Waals surface area contributed by atoms with Crippen LogP contribution >= 0.6 is 0 Å². The van der Waals surface area contributed by atoms with Gasteiger partial charge in [-0.15, -0.1) is 0 Å². The van der Waals surface area contributed by atoms with E-state index in [0.717, 1.165) is 35.7 Å². The highest BCUT2D eigenvalue weighted by molar-refractivity contribution is 5.46. The lowest BCUT2D eigenvalue weighted by atomic mass is 10.1. The van der Waals surface area contributed by atoms with Gasteiger partial charge in [0.2, 0.25) is 0 Å². The van der Waals surface area contributed by atoms with Crippen LogP contribution in [0.2, 0.25) is 0 Å². The molecule has 0 bridgehead atoms. The van der Waals surface area contributed by atoms with E-state index >= 15 is 0 Å². The van der Waals surface area contributed by atoms with Gasteiger partial charge in [-0.25, -0.2) is 0 Å². The zero-order valence-corrected chi connectivity index (χ0v) is 11.1. The Morgan fingerprint density at radius 3 is 2.79 bits per heavy atom. The minimum absolute atomic E-state index is 0.673. The molecule has 5 heteroatoms. The van der Waals surface area contributed by atoms with Crippen LogP contribution in [-0.4, -0.2) is 25.4 Å². The molecule has 0 amide bonds. The second-order valence-corrected chi connectivity index (χ2v) is 4.26. The van der Waals surface area contributed by atoms with E-state index in [4.69, 9.17) is 15.0 Å². The number of methoxy groups -OCH3 is 1. The Bertz CT molecular complexity index is 494. The fourth-order valence-electron chi connectivity index (χ4n) is 1.79. The third-order valence-electron chi connectivity index (χ3n) is 2.87. The van der Waals surface area contributed by atoms with Gasteiger partial charge in [-0.1, -0.05) is 17.3 Å². The fraction of sp³-hybridized carbons (Fsp3) is 0.357. The van der Waals surface area contributed by atoms with E-state index in [-0.39, 0.29) is 0 Å². The van der Waals surface area contributed by atoms with Crippen molar-refractivity contribution in [2.45, 2.75) is 12.8 Å². The molecule has 3 N–H and O–H groups in total. The van der Waals surface area contributed by atoms with Crippen molar-refractivity contribution in [3.63, 3.8) is 0 Å². The van der Waals surface area contributed by atoms with Crippen molar-refractivity contribution in [1.82, 2.24) is 5.16 Å². The van der Waals surface area contributed by atoms with Crippen LogP contribution in [0.5, 0.6) is 5.75 Å². The highest BCUT2D eigenvalue weighted by Gasteiger charge is 2.08. The number of nitrogens with two attached hydrogens (primary N) is 1. The summed E-state index contributed by atoms with van der Waals surface area (Å²) in [5, 5.41) is 7.11. The van der Waals surface area contributed by atoms with Crippen molar-refractivity contribution in [2.75, 3.05) is 25.5 Å². The lowest BCUT2D eigenvalue weighted by Crippen LogP contribution is -2.08. The van der Waals surface area contributed by atoms with Crippen molar-refractivity contribution in [3.05, 3.63) is 41.8 Å². The summed E-state index contributed by atoms with van der Waals surface area (Å²) in [5.74, 6) is 1.69. The molecule has 102 valence electrons. The third-order valence-corrected chi connectivity index (χ3v) is 2.87. The smallest absolute Gasteiger partial charge is 0.164 e. The van der Waals surface area contributed by atoms with Gasteiger partial charge in [0.1, 0.15) is 5.75 Å². The van der Waals surface area contributed by atoms with E-state index < -0.39 is 0 Å². The second kappa shape index (κ2) is 6.80. The van der Waals surface area contributed by atoms with Crippen molar-refractivity contribution >= 4 is 5.69 Å². The summed E-state index contributed by atoms with van der Waals surface area (Å²) in [4.78, 5) is 0. The summed E-state index contributed by atoms with van der Waals surface area (Å²) in [6.07, 6.45) is 3.33. The standard InChI is InChI=1S/C14H19N3O2/c1-18-12-5-3-11(4-6-12)9-14-13(10-17-19-14)16-8-2-7-15/h3-6,10,16H,2,7-9,15H2,1H3. The number of hydrogen-bond donors (Lipinski definition) is 2. The first-order chi connectivity index (χ1) is 9.33. The van der Waals surface area contributed by atoms with Crippen LogP contribution in [0.15, 0.2) is 35.0 Å². The number of benzene rings is 1. The molecule has 0 aliphatic rings. The SMILES string of the molecule is COc1ccc(Cc2oncc2NCCCN)cc1. The number of rotatable bonds is 7. The number of hydrogen-bond acceptors (Lipinski definition) is 5. The molecule has 2 rings (SSSR count). The molecular weight excluding hydrogens is 242 g/mol. The molecule has 2 aromatic rings. The lowest BCUT2D eigenvalue weighted by Gasteiger charge is -2.05. The summed E-state index contributed by atoms with van der Waals surface area (Å²) in [6, 6.07) is 7.91. The predicted octanol–water partition coefficient (Wildman–Crippen LogP) is 2.03. The molecule has 0 aliphatic carbocycles. The molecule has 1 aromatic heterocycles. The van der Waals surface area contributed by atoms with Gasteiger partial charge >= 0.3 is 0 Å². The van der Waals surface area contributed by atoms with Gasteiger partial charge in [0, 0.05) is 13.0 Å². The maximum Gasteiger partial charge on any atom is 0.164 e. The first kappa shape index (κ1) is 13.4. The average Bonchev–Trinajstić information content (AvgIpc) is 2.87. The number of aromatic nitrogens is 1. The van der Waals surface area contributed by atoms with Gasteiger partial charge in [0.05, 0.1) is 19.0 Å². The quantitative estimate of drug-likeness (QED) is 0.746. The Morgan fingerprint density at radius 2 is 2.11 bits per heavy atom. The number of nitrogens with zero attached hydrogens (tertiary/aromatic N) is 1. The molecular formula is C14H19N3O2. The van der Waals surface area contributed by atoms with Gasteiger partial charge in [0.25, 0.3) is 0 Å². The molecule has 0 atom stereocenters. The summed E-state index contributed by atoms with van der Waals surface area (Å²) in [6.45, 7) is 1.50. The zero-order valence-electron chi connectivity index (χ0n) is 11.1. The van der Waals surface area contributed by atoms with Crippen molar-refractivity contribution in [3.8, 4) is 5.75 Å². The van der Waals surface area contributed by atoms with Crippen LogP contribution in [-0.2, 0) is 6.42 Å². The number of nitrogens with one attached hydrogen (secondary N) is 1. The topological polar surface area (TPSA) is 73.3 Å². The highest BCUT2D eigenvalue weighted by Crippen LogP contribution is 2.20. The predicted molar refractivity (Wildman–Crippen MR) is 74.5 cm³/mol. The number of anilines is 1. The largest absolute Gasteiger partial charge is 0.497 e. The molecule has 0 radical (unpaired) electrons. The van der Waals surface area contributed by atoms with E-state index in [1.54, 1.807) is 13.3 Å². The van der Waals surface area contributed by atoms with Crippen LogP contribution in [0, 0.1) is 0 Å². The van der Waals surface area contributed by atoms with E-state index in [0.29, 0.717) is 13.0 Å². The Hall–Kier alpha value is -2.01. The first-order valence-corrected chi connectivity index (χ1v) is 6.34. The Morgan fingerprint density at radius 1 is 1.32 bits per heavy atom. The zero-order chi connectivity index (χ0) is 13.5. The number of ether oxygens (including phenoxy) is 1. The van der Waals surface area contributed by atoms with E-state index in [1.807, 2.05) is 24.3 Å². The van der Waals surface area contributed by atoms with Crippen LogP contribution in [0.1, 0.15) is 17.7 Å². The second-order valence-electron chi connectivity index (χ2n) is 4.26. The summed E-state index contributed by atoms with van der Waals surface area (Å²) in [7, 11) is 1.66. The molecule has 0 unspecified atom stereocenters. The fourth-order valence-corrected chi connectivity index (χ4v) is 1.79. The Balaban J connectivity index is 1.99. The molecule has 1 aromatic carbocycles. The normalized spacial score (nSPS) is 10.4. The van der Waals surface area contributed by atoms with Gasteiger partial charge in [-0.3, -0.25) is 0 Å². The molecule has 1 heterocycles. The third kappa shape index (κ3) is 3.72. The van der Waals surface area contributed by atoms with Gasteiger partial charge in [0.15, 0.2) is 5.76 Å². The summed E-state index contributed by atoms with van der Waals surface area (Å²) < 4.78 is 10.4.